The van der Waals surface area contributed by atoms with Crippen LogP contribution in [0.25, 0.3) is 11.0 Å². The summed E-state index contributed by atoms with van der Waals surface area (Å²) in [7, 11) is -1.27. The lowest BCUT2D eigenvalue weighted by Gasteiger charge is -2.24. The first-order valence-electron chi connectivity index (χ1n) is 6.52. The molecule has 2 N–H and O–H groups in total. The van der Waals surface area contributed by atoms with Crippen molar-refractivity contribution in [2.45, 2.75) is 18.9 Å². The molecule has 1 aromatic heterocycles. The average molecular weight is 295 g/mol. The number of nitrogen functional groups attached to an aromatic ring is 1. The Morgan fingerprint density at radius 3 is 2.70 bits per heavy atom. The standard InChI is InChI=1S/C13H17N3O3S/c1-19-10-2-3-12-11(8-10)15-13(14)16(12)9-4-6-20(17,18)7-5-9/h2-3,8-9H,4-7H2,1H3,(H2,14,15). The van der Waals surface area contributed by atoms with Gasteiger partial charge in [-0.15, -0.1) is 0 Å². The lowest BCUT2D eigenvalue weighted by Crippen LogP contribution is -2.26. The van der Waals surface area contributed by atoms with Crippen LogP contribution in [-0.2, 0) is 9.84 Å². The number of nitrogens with zero attached hydrogens (tertiary/aromatic N) is 2. The third-order valence-corrected chi connectivity index (χ3v) is 5.53. The highest BCUT2D eigenvalue weighted by Crippen LogP contribution is 2.31. The molecule has 7 heteroatoms. The Kier molecular flexibility index (Phi) is 3.08. The molecule has 0 unspecified atom stereocenters. The van der Waals surface area contributed by atoms with Crippen molar-refractivity contribution in [1.29, 1.82) is 0 Å². The minimum atomic E-state index is -2.88. The fourth-order valence-corrected chi connectivity index (χ4v) is 4.21. The minimum Gasteiger partial charge on any atom is -0.497 e. The number of sulfone groups is 1. The number of rotatable bonds is 2. The van der Waals surface area contributed by atoms with Crippen LogP contribution in [0.5, 0.6) is 5.75 Å². The summed E-state index contributed by atoms with van der Waals surface area (Å²) in [6.45, 7) is 0. The normalized spacial score (nSPS) is 19.2. The molecule has 1 aliphatic rings. The highest BCUT2D eigenvalue weighted by atomic mass is 32.2. The second-order valence-electron chi connectivity index (χ2n) is 5.08. The second kappa shape index (κ2) is 4.66. The number of aromatic nitrogens is 2. The van der Waals surface area contributed by atoms with Gasteiger partial charge in [-0.3, -0.25) is 0 Å². The van der Waals surface area contributed by atoms with Crippen LogP contribution in [0, 0.1) is 0 Å². The van der Waals surface area contributed by atoms with Gasteiger partial charge in [0.2, 0.25) is 5.95 Å². The Labute approximate surface area is 117 Å². The SMILES string of the molecule is COc1ccc2c(c1)nc(N)n2C1CCS(=O)(=O)CC1. The van der Waals surface area contributed by atoms with Crippen LogP contribution < -0.4 is 10.5 Å². The maximum atomic E-state index is 11.5. The first kappa shape index (κ1) is 13.2. The number of methoxy groups -OCH3 is 1. The molecule has 0 atom stereocenters. The van der Waals surface area contributed by atoms with E-state index < -0.39 is 9.84 Å². The highest BCUT2D eigenvalue weighted by Gasteiger charge is 2.27. The van der Waals surface area contributed by atoms with Gasteiger partial charge in [0, 0.05) is 12.1 Å². The number of imidazole rings is 1. The molecule has 0 radical (unpaired) electrons. The molecule has 1 fully saturated rings. The summed E-state index contributed by atoms with van der Waals surface area (Å²) in [5.41, 5.74) is 7.70. The molecule has 1 aromatic carbocycles. The molecule has 1 aliphatic heterocycles. The predicted octanol–water partition coefficient (Wildman–Crippen LogP) is 1.38. The second-order valence-corrected chi connectivity index (χ2v) is 7.38. The number of fused-ring (bicyclic) bond motifs is 1. The maximum Gasteiger partial charge on any atom is 0.201 e. The van der Waals surface area contributed by atoms with E-state index in [0.29, 0.717) is 18.8 Å². The summed E-state index contributed by atoms with van der Waals surface area (Å²) in [6.07, 6.45) is 1.17. The summed E-state index contributed by atoms with van der Waals surface area (Å²) >= 11 is 0. The number of nitrogens with two attached hydrogens (primary N) is 1. The maximum absolute atomic E-state index is 11.5. The van der Waals surface area contributed by atoms with Gasteiger partial charge in [-0.1, -0.05) is 0 Å². The monoisotopic (exact) mass is 295 g/mol. The molecule has 108 valence electrons. The zero-order chi connectivity index (χ0) is 14.3. The van der Waals surface area contributed by atoms with Gasteiger partial charge in [-0.2, -0.15) is 0 Å². The topological polar surface area (TPSA) is 87.2 Å². The van der Waals surface area contributed by atoms with Gasteiger partial charge in [0.1, 0.15) is 15.6 Å². The van der Waals surface area contributed by atoms with Crippen LogP contribution in [0.2, 0.25) is 0 Å². The molecule has 2 heterocycles. The lowest BCUT2D eigenvalue weighted by molar-refractivity contribution is 0.415. The zero-order valence-electron chi connectivity index (χ0n) is 11.2. The van der Waals surface area contributed by atoms with Crippen LogP contribution in [0.15, 0.2) is 18.2 Å². The van der Waals surface area contributed by atoms with Gasteiger partial charge in [-0.05, 0) is 25.0 Å². The molecule has 0 spiro atoms. The predicted molar refractivity (Wildman–Crippen MR) is 77.6 cm³/mol. The van der Waals surface area contributed by atoms with E-state index in [0.717, 1.165) is 16.8 Å². The molecule has 0 aliphatic carbocycles. The van der Waals surface area contributed by atoms with Crippen molar-refractivity contribution in [2.75, 3.05) is 24.3 Å². The van der Waals surface area contributed by atoms with Crippen molar-refractivity contribution in [2.24, 2.45) is 0 Å². The highest BCUT2D eigenvalue weighted by molar-refractivity contribution is 7.91. The van der Waals surface area contributed by atoms with Crippen LogP contribution in [0.1, 0.15) is 18.9 Å². The van der Waals surface area contributed by atoms with Crippen LogP contribution >= 0.6 is 0 Å². The van der Waals surface area contributed by atoms with Gasteiger partial charge in [0.05, 0.1) is 29.6 Å². The summed E-state index contributed by atoms with van der Waals surface area (Å²) in [4.78, 5) is 4.34. The van der Waals surface area contributed by atoms with E-state index in [1.54, 1.807) is 7.11 Å². The minimum absolute atomic E-state index is 0.0944. The third kappa shape index (κ3) is 2.22. The van der Waals surface area contributed by atoms with E-state index in [4.69, 9.17) is 10.5 Å². The van der Waals surface area contributed by atoms with Crippen molar-refractivity contribution in [1.82, 2.24) is 9.55 Å². The molecule has 3 rings (SSSR count). The van der Waals surface area contributed by atoms with Crippen molar-refractivity contribution in [3.63, 3.8) is 0 Å². The van der Waals surface area contributed by atoms with E-state index >= 15 is 0 Å². The lowest BCUT2D eigenvalue weighted by atomic mass is 10.1. The van der Waals surface area contributed by atoms with Gasteiger partial charge in [-0.25, -0.2) is 13.4 Å². The van der Waals surface area contributed by atoms with E-state index in [9.17, 15) is 8.42 Å². The Hall–Kier alpha value is -1.76. The van der Waals surface area contributed by atoms with E-state index in [2.05, 4.69) is 4.98 Å². The number of hydrogen-bond donors (Lipinski definition) is 1. The first-order valence-corrected chi connectivity index (χ1v) is 8.34. The molecule has 0 saturated carbocycles. The van der Waals surface area contributed by atoms with Crippen LogP contribution in [-0.4, -0.2) is 36.6 Å². The fraction of sp³-hybridized carbons (Fsp3) is 0.462. The molecule has 0 amide bonds. The average Bonchev–Trinajstić information content (AvgIpc) is 2.74. The number of ether oxygens (including phenoxy) is 1. The van der Waals surface area contributed by atoms with E-state index in [1.165, 1.54) is 0 Å². The number of hydrogen-bond acceptors (Lipinski definition) is 5. The summed E-state index contributed by atoms with van der Waals surface area (Å²) in [5, 5.41) is 0. The Balaban J connectivity index is 2.01. The molecule has 6 nitrogen and oxygen atoms in total. The van der Waals surface area contributed by atoms with Crippen molar-refractivity contribution >= 4 is 26.8 Å². The third-order valence-electron chi connectivity index (χ3n) is 3.81. The molecule has 20 heavy (non-hydrogen) atoms. The molecular formula is C13H17N3O3S. The molecule has 1 saturated heterocycles. The van der Waals surface area contributed by atoms with Gasteiger partial charge in [0.15, 0.2) is 0 Å². The van der Waals surface area contributed by atoms with Gasteiger partial charge in [0.25, 0.3) is 0 Å². The Morgan fingerprint density at radius 2 is 2.05 bits per heavy atom. The fourth-order valence-electron chi connectivity index (χ4n) is 2.74. The summed E-state index contributed by atoms with van der Waals surface area (Å²) < 4.78 is 30.2. The largest absolute Gasteiger partial charge is 0.497 e. The van der Waals surface area contributed by atoms with Gasteiger partial charge >= 0.3 is 0 Å². The van der Waals surface area contributed by atoms with E-state index in [-0.39, 0.29) is 17.5 Å². The van der Waals surface area contributed by atoms with E-state index in [1.807, 2.05) is 22.8 Å². The van der Waals surface area contributed by atoms with Crippen molar-refractivity contribution in [3.8, 4) is 5.75 Å². The summed E-state index contributed by atoms with van der Waals surface area (Å²) in [5.74, 6) is 1.59. The molecule has 2 aromatic rings. The van der Waals surface area contributed by atoms with Crippen molar-refractivity contribution < 1.29 is 13.2 Å². The summed E-state index contributed by atoms with van der Waals surface area (Å²) in [6, 6.07) is 5.71. The Bertz CT molecular complexity index is 738. The smallest absolute Gasteiger partial charge is 0.201 e. The Morgan fingerprint density at radius 1 is 1.35 bits per heavy atom. The first-order chi connectivity index (χ1) is 9.50. The van der Waals surface area contributed by atoms with Gasteiger partial charge < -0.3 is 15.0 Å². The van der Waals surface area contributed by atoms with Crippen molar-refractivity contribution in [3.05, 3.63) is 18.2 Å². The van der Waals surface area contributed by atoms with Crippen LogP contribution in [0.3, 0.4) is 0 Å². The zero-order valence-corrected chi connectivity index (χ0v) is 12.1. The van der Waals surface area contributed by atoms with Crippen LogP contribution in [0.4, 0.5) is 5.95 Å². The number of benzene rings is 1. The molecular weight excluding hydrogens is 278 g/mol. The quantitative estimate of drug-likeness (QED) is 0.904. The number of anilines is 1. The molecule has 0 bridgehead atoms.